The molecular formula is C23H31N3O4S2. The number of ether oxygens (including phenoxy) is 1. The number of nitrogens with one attached hydrogen (secondary N) is 2. The first kappa shape index (κ1) is 23.3. The van der Waals surface area contributed by atoms with Crippen molar-refractivity contribution >= 4 is 41.4 Å². The summed E-state index contributed by atoms with van der Waals surface area (Å²) in [5.74, 6) is 2.11. The molecule has 2 atom stereocenters. The predicted molar refractivity (Wildman–Crippen MR) is 127 cm³/mol. The number of nitrogens with zero attached hydrogens (tertiary/aromatic N) is 1. The molecule has 1 aromatic carbocycles. The summed E-state index contributed by atoms with van der Waals surface area (Å²) in [6, 6.07) is 8.70. The molecule has 1 aromatic rings. The molecule has 32 heavy (non-hydrogen) atoms. The zero-order chi connectivity index (χ0) is 22.6. The molecular weight excluding hydrogens is 446 g/mol. The molecule has 4 rings (SSSR count). The van der Waals surface area contributed by atoms with Crippen molar-refractivity contribution in [2.24, 2.45) is 5.92 Å². The molecule has 2 heterocycles. The van der Waals surface area contributed by atoms with E-state index in [9.17, 15) is 14.4 Å². The molecule has 1 saturated carbocycles. The molecule has 174 valence electrons. The lowest BCUT2D eigenvalue weighted by Crippen LogP contribution is -2.58. The fraction of sp³-hybridized carbons (Fsp3) is 0.609. The highest BCUT2D eigenvalue weighted by atomic mass is 32.2. The lowest BCUT2D eigenvalue weighted by molar-refractivity contribution is -0.126. The van der Waals surface area contributed by atoms with Gasteiger partial charge < -0.3 is 15.4 Å². The molecule has 9 heteroatoms. The van der Waals surface area contributed by atoms with Gasteiger partial charge in [-0.05, 0) is 30.7 Å². The van der Waals surface area contributed by atoms with Gasteiger partial charge in [0, 0.05) is 25.1 Å². The van der Waals surface area contributed by atoms with Gasteiger partial charge in [0.25, 0.3) is 0 Å². The van der Waals surface area contributed by atoms with Gasteiger partial charge in [-0.3, -0.25) is 14.5 Å². The van der Waals surface area contributed by atoms with Crippen molar-refractivity contribution in [2.75, 3.05) is 25.1 Å². The molecule has 0 radical (unpaired) electrons. The Morgan fingerprint density at radius 3 is 2.53 bits per heavy atom. The first-order chi connectivity index (χ1) is 15.5. The minimum atomic E-state index is -0.704. The highest BCUT2D eigenvalue weighted by Gasteiger charge is 2.52. The highest BCUT2D eigenvalue weighted by molar-refractivity contribution is 8.22. The van der Waals surface area contributed by atoms with Crippen molar-refractivity contribution in [3.63, 3.8) is 0 Å². The number of amides is 3. The molecule has 2 saturated heterocycles. The zero-order valence-corrected chi connectivity index (χ0v) is 20.0. The summed E-state index contributed by atoms with van der Waals surface area (Å²) >= 11 is 3.26. The van der Waals surface area contributed by atoms with Crippen LogP contribution in [0.25, 0.3) is 0 Å². The third-order valence-electron chi connectivity index (χ3n) is 6.30. The first-order valence-corrected chi connectivity index (χ1v) is 13.3. The van der Waals surface area contributed by atoms with Crippen molar-refractivity contribution in [1.29, 1.82) is 0 Å². The Hall–Kier alpha value is -1.87. The smallest absolute Gasteiger partial charge is 0.410 e. The number of rotatable bonds is 8. The summed E-state index contributed by atoms with van der Waals surface area (Å²) < 4.78 is 4.78. The van der Waals surface area contributed by atoms with Crippen LogP contribution in [0.4, 0.5) is 4.79 Å². The van der Waals surface area contributed by atoms with Crippen molar-refractivity contribution in [3.8, 4) is 0 Å². The van der Waals surface area contributed by atoms with E-state index < -0.39 is 16.2 Å². The second-order valence-corrected chi connectivity index (χ2v) is 11.5. The van der Waals surface area contributed by atoms with Crippen molar-refractivity contribution in [2.45, 2.75) is 54.9 Å². The highest BCUT2D eigenvalue weighted by Crippen LogP contribution is 2.50. The Labute approximate surface area is 197 Å². The van der Waals surface area contributed by atoms with Crippen molar-refractivity contribution < 1.29 is 19.1 Å². The van der Waals surface area contributed by atoms with Gasteiger partial charge in [-0.1, -0.05) is 43.2 Å². The maximum absolute atomic E-state index is 13.3. The molecule has 3 amide bonds. The van der Waals surface area contributed by atoms with Crippen LogP contribution in [0.1, 0.15) is 37.7 Å². The van der Waals surface area contributed by atoms with Crippen LogP contribution in [-0.2, 0) is 20.9 Å². The summed E-state index contributed by atoms with van der Waals surface area (Å²) in [6.07, 6.45) is 3.99. The molecule has 7 nitrogen and oxygen atoms in total. The SMILES string of the molecule is CNC(=O)C1(C(CC2CC2)NC(=O)C2CCCN2C(=O)OCc2ccccc2)SCCS1. The van der Waals surface area contributed by atoms with Crippen molar-refractivity contribution in [3.05, 3.63) is 35.9 Å². The molecule has 0 spiro atoms. The average molecular weight is 478 g/mol. The van der Waals surface area contributed by atoms with E-state index in [1.165, 1.54) is 4.90 Å². The van der Waals surface area contributed by atoms with Gasteiger partial charge in [0.15, 0.2) is 4.08 Å². The summed E-state index contributed by atoms with van der Waals surface area (Å²) in [5.41, 5.74) is 0.911. The van der Waals surface area contributed by atoms with E-state index in [2.05, 4.69) is 10.6 Å². The van der Waals surface area contributed by atoms with Crippen LogP contribution < -0.4 is 10.6 Å². The van der Waals surface area contributed by atoms with E-state index in [0.717, 1.165) is 42.8 Å². The molecule has 2 aliphatic heterocycles. The van der Waals surface area contributed by atoms with Gasteiger partial charge in [-0.2, -0.15) is 0 Å². The molecule has 3 fully saturated rings. The Kier molecular flexibility index (Phi) is 7.55. The van der Waals surface area contributed by atoms with E-state index in [4.69, 9.17) is 4.74 Å². The van der Waals surface area contributed by atoms with E-state index in [0.29, 0.717) is 18.9 Å². The number of carbonyl (C=O) groups excluding carboxylic acids is 3. The second-order valence-electron chi connectivity index (χ2n) is 8.58. The van der Waals surface area contributed by atoms with Gasteiger partial charge in [0.05, 0.1) is 6.04 Å². The number of likely N-dealkylation sites (tertiary alicyclic amines) is 1. The fourth-order valence-electron chi connectivity index (χ4n) is 4.42. The lowest BCUT2D eigenvalue weighted by Gasteiger charge is -2.36. The van der Waals surface area contributed by atoms with E-state index in [1.807, 2.05) is 30.3 Å². The summed E-state index contributed by atoms with van der Waals surface area (Å²) in [4.78, 5) is 40.5. The van der Waals surface area contributed by atoms with Gasteiger partial charge in [0.1, 0.15) is 12.6 Å². The predicted octanol–water partition coefficient (Wildman–Crippen LogP) is 2.99. The summed E-state index contributed by atoms with van der Waals surface area (Å²) in [7, 11) is 1.65. The summed E-state index contributed by atoms with van der Waals surface area (Å²) in [6.45, 7) is 0.685. The standard InChI is InChI=1S/C23H31N3O4S2/c1-24-21(28)23(31-12-13-32-23)19(14-16-9-10-16)25-20(27)18-8-5-11-26(18)22(29)30-15-17-6-3-2-4-7-17/h2-4,6-7,16,18-19H,5,8-15H2,1H3,(H,24,28)(H,25,27). The Morgan fingerprint density at radius 2 is 1.88 bits per heavy atom. The number of benzene rings is 1. The third-order valence-corrected chi connectivity index (χ3v) is 9.88. The van der Waals surface area contributed by atoms with Gasteiger partial charge >= 0.3 is 6.09 Å². The quantitative estimate of drug-likeness (QED) is 0.599. The Bertz CT molecular complexity index is 828. The molecule has 0 aromatic heterocycles. The largest absolute Gasteiger partial charge is 0.445 e. The average Bonchev–Trinajstić information content (AvgIpc) is 3.29. The van der Waals surface area contributed by atoms with E-state index >= 15 is 0 Å². The van der Waals surface area contributed by atoms with Crippen LogP contribution in [0.15, 0.2) is 30.3 Å². The Balaban J connectivity index is 1.42. The number of hydrogen-bond donors (Lipinski definition) is 2. The monoisotopic (exact) mass is 477 g/mol. The fourth-order valence-corrected chi connectivity index (χ4v) is 7.70. The van der Waals surface area contributed by atoms with Crippen molar-refractivity contribution in [1.82, 2.24) is 15.5 Å². The van der Waals surface area contributed by atoms with Crippen LogP contribution in [0.3, 0.4) is 0 Å². The maximum atomic E-state index is 13.3. The topological polar surface area (TPSA) is 87.7 Å². The minimum absolute atomic E-state index is 0.0403. The van der Waals surface area contributed by atoms with Crippen LogP contribution in [-0.4, -0.2) is 64.1 Å². The van der Waals surface area contributed by atoms with Crippen LogP contribution in [0.2, 0.25) is 0 Å². The first-order valence-electron chi connectivity index (χ1n) is 11.3. The maximum Gasteiger partial charge on any atom is 0.410 e. The molecule has 1 aliphatic carbocycles. The van der Waals surface area contributed by atoms with Crippen LogP contribution in [0, 0.1) is 5.92 Å². The summed E-state index contributed by atoms with van der Waals surface area (Å²) in [5, 5.41) is 6.00. The number of hydrogen-bond acceptors (Lipinski definition) is 6. The van der Waals surface area contributed by atoms with E-state index in [1.54, 1.807) is 30.6 Å². The van der Waals surface area contributed by atoms with Gasteiger partial charge in [0.2, 0.25) is 11.8 Å². The van der Waals surface area contributed by atoms with Crippen LogP contribution >= 0.6 is 23.5 Å². The molecule has 2 N–H and O–H groups in total. The molecule has 0 bridgehead atoms. The number of thioether (sulfide) groups is 2. The lowest BCUT2D eigenvalue weighted by atomic mass is 10.0. The third kappa shape index (κ3) is 5.20. The minimum Gasteiger partial charge on any atom is -0.445 e. The van der Waals surface area contributed by atoms with Crippen LogP contribution in [0.5, 0.6) is 0 Å². The number of carbonyl (C=O) groups is 3. The van der Waals surface area contributed by atoms with Gasteiger partial charge in [-0.25, -0.2) is 4.79 Å². The van der Waals surface area contributed by atoms with E-state index in [-0.39, 0.29) is 24.5 Å². The van der Waals surface area contributed by atoms with Gasteiger partial charge in [-0.15, -0.1) is 23.5 Å². The molecule has 2 unspecified atom stereocenters. The Morgan fingerprint density at radius 1 is 1.16 bits per heavy atom. The normalized spacial score (nSPS) is 22.9. The zero-order valence-electron chi connectivity index (χ0n) is 18.4. The molecule has 3 aliphatic rings. The second kappa shape index (κ2) is 10.4.